The first-order chi connectivity index (χ1) is 13.5. The quantitative estimate of drug-likeness (QED) is 0.794. The lowest BCUT2D eigenvalue weighted by Crippen LogP contribution is -2.51. The molecule has 28 heavy (non-hydrogen) atoms. The molecule has 0 N–H and O–H groups in total. The van der Waals surface area contributed by atoms with E-state index in [2.05, 4.69) is 0 Å². The van der Waals surface area contributed by atoms with Crippen LogP contribution in [-0.4, -0.2) is 49.1 Å². The van der Waals surface area contributed by atoms with E-state index >= 15 is 0 Å². The van der Waals surface area contributed by atoms with E-state index in [9.17, 15) is 9.59 Å². The molecule has 1 saturated heterocycles. The fourth-order valence-corrected chi connectivity index (χ4v) is 3.76. The van der Waals surface area contributed by atoms with Gasteiger partial charge in [-0.3, -0.25) is 14.5 Å². The van der Waals surface area contributed by atoms with Gasteiger partial charge in [0.15, 0.2) is 6.61 Å². The van der Waals surface area contributed by atoms with E-state index in [-0.39, 0.29) is 37.2 Å². The van der Waals surface area contributed by atoms with E-state index in [4.69, 9.17) is 21.1 Å². The van der Waals surface area contributed by atoms with Crippen molar-refractivity contribution in [1.82, 2.24) is 4.90 Å². The summed E-state index contributed by atoms with van der Waals surface area (Å²) in [5.41, 5.74) is 1.56. The molecule has 0 saturated carbocycles. The van der Waals surface area contributed by atoms with Crippen LogP contribution in [0.15, 0.2) is 48.5 Å². The number of carbonyl (C=O) groups is 2. The van der Waals surface area contributed by atoms with Crippen LogP contribution >= 0.6 is 11.6 Å². The molecule has 2 atom stereocenters. The zero-order valence-electron chi connectivity index (χ0n) is 15.5. The number of carbonyl (C=O) groups excluding carboxylic acids is 2. The lowest BCUT2D eigenvalue weighted by atomic mass is 10.1. The summed E-state index contributed by atoms with van der Waals surface area (Å²) in [5.74, 6) is 0.163. The number of rotatable bonds is 3. The second kappa shape index (κ2) is 7.81. The molecular weight excluding hydrogens is 380 g/mol. The van der Waals surface area contributed by atoms with Crippen LogP contribution in [0.25, 0.3) is 0 Å². The Balaban J connectivity index is 1.52. The van der Waals surface area contributed by atoms with E-state index in [1.54, 1.807) is 23.1 Å². The molecule has 0 spiro atoms. The summed E-state index contributed by atoms with van der Waals surface area (Å²) in [7, 11) is 0. The van der Waals surface area contributed by atoms with Crippen molar-refractivity contribution in [2.45, 2.75) is 19.1 Å². The van der Waals surface area contributed by atoms with Gasteiger partial charge in [0.2, 0.25) is 5.91 Å². The number of ether oxygens (including phenoxy) is 2. The third kappa shape index (κ3) is 3.84. The third-order valence-electron chi connectivity index (χ3n) is 4.94. The SMILES string of the molecule is CC1CN(C(=O)CN2C(=O)COc3ccc(Cl)cc32)CC(c2ccccc2)O1. The molecule has 2 amide bonds. The maximum absolute atomic E-state index is 13.0. The van der Waals surface area contributed by atoms with Crippen molar-refractivity contribution in [1.29, 1.82) is 0 Å². The minimum absolute atomic E-state index is 0.0518. The minimum Gasteiger partial charge on any atom is -0.482 e. The van der Waals surface area contributed by atoms with Crippen LogP contribution in [0, 0.1) is 0 Å². The van der Waals surface area contributed by atoms with Crippen molar-refractivity contribution < 1.29 is 19.1 Å². The van der Waals surface area contributed by atoms with Crippen LogP contribution in [0.1, 0.15) is 18.6 Å². The molecule has 6 nitrogen and oxygen atoms in total. The van der Waals surface area contributed by atoms with Crippen molar-refractivity contribution in [3.8, 4) is 5.75 Å². The van der Waals surface area contributed by atoms with Gasteiger partial charge in [0.25, 0.3) is 5.91 Å². The van der Waals surface area contributed by atoms with Gasteiger partial charge in [0.1, 0.15) is 18.4 Å². The Kier molecular flexibility index (Phi) is 5.24. The standard InChI is InChI=1S/C21H21ClN2O4/c1-14-10-23(11-19(28-14)15-5-3-2-4-6-15)20(25)12-24-17-9-16(22)7-8-18(17)27-13-21(24)26/h2-9,14,19H,10-13H2,1H3. The fourth-order valence-electron chi connectivity index (χ4n) is 3.59. The van der Waals surface area contributed by atoms with Crippen LogP contribution in [0.4, 0.5) is 5.69 Å². The number of hydrogen-bond donors (Lipinski definition) is 0. The molecule has 2 aliphatic heterocycles. The average Bonchev–Trinajstić information content (AvgIpc) is 2.70. The molecule has 0 aliphatic carbocycles. The average molecular weight is 401 g/mol. The predicted octanol–water partition coefficient (Wildman–Crippen LogP) is 3.05. The smallest absolute Gasteiger partial charge is 0.265 e. The Bertz CT molecular complexity index is 889. The lowest BCUT2D eigenvalue weighted by Gasteiger charge is -2.38. The summed E-state index contributed by atoms with van der Waals surface area (Å²) in [6.45, 7) is 2.75. The highest BCUT2D eigenvalue weighted by molar-refractivity contribution is 6.31. The van der Waals surface area contributed by atoms with E-state index < -0.39 is 0 Å². The number of anilines is 1. The van der Waals surface area contributed by atoms with Gasteiger partial charge in [-0.1, -0.05) is 41.9 Å². The maximum Gasteiger partial charge on any atom is 0.265 e. The van der Waals surface area contributed by atoms with Crippen LogP contribution in [-0.2, 0) is 14.3 Å². The summed E-state index contributed by atoms with van der Waals surface area (Å²) < 4.78 is 11.5. The number of fused-ring (bicyclic) bond motifs is 1. The van der Waals surface area contributed by atoms with Gasteiger partial charge in [-0.05, 0) is 30.7 Å². The largest absolute Gasteiger partial charge is 0.482 e. The van der Waals surface area contributed by atoms with E-state index in [0.29, 0.717) is 29.5 Å². The van der Waals surface area contributed by atoms with E-state index in [0.717, 1.165) is 5.56 Å². The molecule has 0 bridgehead atoms. The van der Waals surface area contributed by atoms with Gasteiger partial charge in [0, 0.05) is 11.6 Å². The Morgan fingerprint density at radius 3 is 2.75 bits per heavy atom. The van der Waals surface area contributed by atoms with Crippen LogP contribution in [0.3, 0.4) is 0 Å². The van der Waals surface area contributed by atoms with Crippen molar-refractivity contribution in [2.75, 3.05) is 31.1 Å². The molecule has 2 aliphatic rings. The summed E-state index contributed by atoms with van der Waals surface area (Å²) in [5, 5.41) is 0.485. The normalized spacial score (nSPS) is 21.9. The summed E-state index contributed by atoms with van der Waals surface area (Å²) in [4.78, 5) is 28.6. The molecule has 0 aromatic heterocycles. The molecule has 1 fully saturated rings. The third-order valence-corrected chi connectivity index (χ3v) is 5.18. The Morgan fingerprint density at radius 1 is 1.18 bits per heavy atom. The van der Waals surface area contributed by atoms with Crippen molar-refractivity contribution in [3.63, 3.8) is 0 Å². The first-order valence-electron chi connectivity index (χ1n) is 9.22. The topological polar surface area (TPSA) is 59.1 Å². The van der Waals surface area contributed by atoms with Crippen LogP contribution in [0.5, 0.6) is 5.75 Å². The van der Waals surface area contributed by atoms with Gasteiger partial charge in [-0.2, -0.15) is 0 Å². The highest BCUT2D eigenvalue weighted by Gasteiger charge is 2.33. The van der Waals surface area contributed by atoms with Gasteiger partial charge in [-0.15, -0.1) is 0 Å². The van der Waals surface area contributed by atoms with Gasteiger partial charge in [0.05, 0.1) is 18.3 Å². The molecule has 4 rings (SSSR count). The van der Waals surface area contributed by atoms with Gasteiger partial charge >= 0.3 is 0 Å². The highest BCUT2D eigenvalue weighted by Crippen LogP contribution is 2.34. The first kappa shape index (κ1) is 18.8. The number of benzene rings is 2. The summed E-state index contributed by atoms with van der Waals surface area (Å²) >= 11 is 6.08. The molecule has 2 aromatic rings. The second-order valence-corrected chi connectivity index (χ2v) is 7.46. The number of hydrogen-bond acceptors (Lipinski definition) is 4. The minimum atomic E-state index is -0.260. The van der Waals surface area contributed by atoms with E-state index in [1.807, 2.05) is 37.3 Å². The second-order valence-electron chi connectivity index (χ2n) is 7.03. The van der Waals surface area contributed by atoms with Crippen molar-refractivity contribution in [3.05, 3.63) is 59.1 Å². The molecule has 0 radical (unpaired) electrons. The zero-order chi connectivity index (χ0) is 19.7. The Labute approximate surface area is 168 Å². The van der Waals surface area contributed by atoms with Crippen LogP contribution < -0.4 is 9.64 Å². The monoisotopic (exact) mass is 400 g/mol. The zero-order valence-corrected chi connectivity index (χ0v) is 16.3. The number of nitrogens with zero attached hydrogens (tertiary/aromatic N) is 2. The van der Waals surface area contributed by atoms with Crippen LogP contribution in [0.2, 0.25) is 5.02 Å². The number of amides is 2. The number of halogens is 1. The Hall–Kier alpha value is -2.57. The van der Waals surface area contributed by atoms with Crippen molar-refractivity contribution >= 4 is 29.1 Å². The maximum atomic E-state index is 13.0. The molecule has 2 aromatic carbocycles. The predicted molar refractivity (Wildman–Crippen MR) is 106 cm³/mol. The first-order valence-corrected chi connectivity index (χ1v) is 9.60. The molecule has 2 heterocycles. The molecule has 7 heteroatoms. The van der Waals surface area contributed by atoms with Crippen molar-refractivity contribution in [2.24, 2.45) is 0 Å². The van der Waals surface area contributed by atoms with Gasteiger partial charge < -0.3 is 14.4 Å². The van der Waals surface area contributed by atoms with Gasteiger partial charge in [-0.25, -0.2) is 0 Å². The summed E-state index contributed by atoms with van der Waals surface area (Å²) in [6.07, 6.45) is -0.277. The fraction of sp³-hybridized carbons (Fsp3) is 0.333. The highest BCUT2D eigenvalue weighted by atomic mass is 35.5. The lowest BCUT2D eigenvalue weighted by molar-refractivity contribution is -0.144. The number of morpholine rings is 1. The molecular formula is C21H21ClN2O4. The summed E-state index contributed by atoms with van der Waals surface area (Å²) in [6, 6.07) is 14.9. The van der Waals surface area contributed by atoms with E-state index in [1.165, 1.54) is 4.90 Å². The molecule has 146 valence electrons. The Morgan fingerprint density at radius 2 is 1.96 bits per heavy atom. The molecule has 2 unspecified atom stereocenters.